The largest absolute Gasteiger partial charge is 0.493 e. The fourth-order valence-corrected chi connectivity index (χ4v) is 7.83. The maximum Gasteiger partial charge on any atom is 0.199 e. The van der Waals surface area contributed by atoms with Gasteiger partial charge in [-0.05, 0) is 87.2 Å². The third-order valence-corrected chi connectivity index (χ3v) is 14.5. The SMILES string of the molecule is C#C[C@@H](Br)C[C@H]1[C@H](C(=CCCOc2ccccc2)OC2CCCCO2)[C@@H](OC2CCCCO2)C[C@H]1O[Si](C)(C)C(C)(C)C. The third kappa shape index (κ3) is 10.1. The second kappa shape index (κ2) is 16.3. The fraction of sp³-hybridized carbons (Fsp3) is 0.714. The molecule has 0 aromatic heterocycles. The monoisotopic (exact) mass is 676 g/mol. The van der Waals surface area contributed by atoms with Crippen LogP contribution in [-0.2, 0) is 23.4 Å². The van der Waals surface area contributed by atoms with Crippen LogP contribution in [0.3, 0.4) is 0 Å². The fourth-order valence-electron chi connectivity index (χ4n) is 6.01. The van der Waals surface area contributed by atoms with E-state index in [0.717, 1.165) is 76.1 Å². The van der Waals surface area contributed by atoms with Gasteiger partial charge in [-0.15, -0.1) is 6.42 Å². The topological polar surface area (TPSA) is 55.4 Å². The highest BCUT2D eigenvalue weighted by atomic mass is 79.9. The van der Waals surface area contributed by atoms with E-state index in [1.54, 1.807) is 0 Å². The van der Waals surface area contributed by atoms with Crippen molar-refractivity contribution in [3.05, 3.63) is 42.2 Å². The molecule has 240 valence electrons. The van der Waals surface area contributed by atoms with Gasteiger partial charge >= 0.3 is 0 Å². The van der Waals surface area contributed by atoms with Gasteiger partial charge < -0.3 is 28.1 Å². The average molecular weight is 678 g/mol. The Bertz CT molecular complexity index is 1040. The Kier molecular flexibility index (Phi) is 13.1. The predicted molar refractivity (Wildman–Crippen MR) is 178 cm³/mol. The summed E-state index contributed by atoms with van der Waals surface area (Å²) in [6, 6.07) is 9.94. The van der Waals surface area contributed by atoms with E-state index in [9.17, 15) is 0 Å². The maximum atomic E-state index is 7.18. The Morgan fingerprint density at radius 2 is 1.72 bits per heavy atom. The van der Waals surface area contributed by atoms with Crippen LogP contribution in [-0.4, -0.2) is 57.8 Å². The molecule has 1 aromatic carbocycles. The smallest absolute Gasteiger partial charge is 0.199 e. The molecule has 7 atom stereocenters. The lowest BCUT2D eigenvalue weighted by Crippen LogP contribution is -2.45. The number of rotatable bonds is 13. The van der Waals surface area contributed by atoms with Crippen LogP contribution in [0.4, 0.5) is 0 Å². The molecule has 1 saturated carbocycles. The van der Waals surface area contributed by atoms with Gasteiger partial charge in [-0.2, -0.15) is 0 Å². The molecule has 1 aromatic rings. The minimum Gasteiger partial charge on any atom is -0.493 e. The summed E-state index contributed by atoms with van der Waals surface area (Å²) in [5.74, 6) is 4.75. The van der Waals surface area contributed by atoms with Crippen LogP contribution in [0.1, 0.15) is 78.6 Å². The molecular formula is C35H53BrO6Si. The van der Waals surface area contributed by atoms with Gasteiger partial charge in [-0.3, -0.25) is 0 Å². The summed E-state index contributed by atoms with van der Waals surface area (Å²) < 4.78 is 39.1. The molecular weight excluding hydrogens is 624 g/mol. The highest BCUT2D eigenvalue weighted by molar-refractivity contribution is 9.09. The number of alkyl halides is 1. The molecule has 0 spiro atoms. The Hall–Kier alpha value is -1.34. The quantitative estimate of drug-likeness (QED) is 0.0686. The van der Waals surface area contributed by atoms with Crippen molar-refractivity contribution >= 4 is 24.2 Å². The van der Waals surface area contributed by atoms with E-state index in [1.807, 2.05) is 30.3 Å². The minimum absolute atomic E-state index is 0.00674. The summed E-state index contributed by atoms with van der Waals surface area (Å²) in [5, 5.41) is 0.0816. The van der Waals surface area contributed by atoms with Crippen LogP contribution in [0.25, 0.3) is 0 Å². The first-order valence-electron chi connectivity index (χ1n) is 16.3. The molecule has 43 heavy (non-hydrogen) atoms. The number of ether oxygens (including phenoxy) is 5. The second-order valence-electron chi connectivity index (χ2n) is 13.7. The zero-order valence-electron chi connectivity index (χ0n) is 26.9. The average Bonchev–Trinajstić information content (AvgIpc) is 3.30. The van der Waals surface area contributed by atoms with Crippen LogP contribution in [0.5, 0.6) is 5.75 Å². The first kappa shape index (κ1) is 34.5. The van der Waals surface area contributed by atoms with Gasteiger partial charge in [0.15, 0.2) is 20.9 Å². The molecule has 0 bridgehead atoms. The molecule has 0 radical (unpaired) electrons. The van der Waals surface area contributed by atoms with Gasteiger partial charge in [-0.25, -0.2) is 0 Å². The van der Waals surface area contributed by atoms with E-state index in [0.29, 0.717) is 13.0 Å². The first-order valence-corrected chi connectivity index (χ1v) is 20.1. The second-order valence-corrected chi connectivity index (χ2v) is 19.5. The van der Waals surface area contributed by atoms with E-state index >= 15 is 0 Å². The summed E-state index contributed by atoms with van der Waals surface area (Å²) in [7, 11) is -2.09. The molecule has 2 saturated heterocycles. The van der Waals surface area contributed by atoms with Crippen molar-refractivity contribution in [1.82, 2.24) is 0 Å². The normalized spacial score (nSPS) is 29.6. The van der Waals surface area contributed by atoms with Gasteiger partial charge in [-0.1, -0.05) is 60.8 Å². The van der Waals surface area contributed by atoms with Gasteiger partial charge in [0.2, 0.25) is 0 Å². The number of para-hydroxylation sites is 1. The summed E-state index contributed by atoms with van der Waals surface area (Å²) in [4.78, 5) is -0.0798. The predicted octanol–water partition coefficient (Wildman–Crippen LogP) is 8.61. The molecule has 3 fully saturated rings. The Morgan fingerprint density at radius 3 is 2.33 bits per heavy atom. The molecule has 0 N–H and O–H groups in total. The van der Waals surface area contributed by atoms with Gasteiger partial charge in [0.25, 0.3) is 0 Å². The van der Waals surface area contributed by atoms with Gasteiger partial charge in [0.1, 0.15) is 11.5 Å². The van der Waals surface area contributed by atoms with Crippen molar-refractivity contribution in [2.45, 2.75) is 126 Å². The number of hydrogen-bond acceptors (Lipinski definition) is 6. The van der Waals surface area contributed by atoms with E-state index in [-0.39, 0.29) is 46.5 Å². The van der Waals surface area contributed by atoms with E-state index in [1.165, 1.54) is 0 Å². The van der Waals surface area contributed by atoms with Crippen LogP contribution < -0.4 is 4.74 Å². The van der Waals surface area contributed by atoms with Crippen LogP contribution in [0.2, 0.25) is 18.1 Å². The van der Waals surface area contributed by atoms with Crippen molar-refractivity contribution < 1.29 is 28.1 Å². The van der Waals surface area contributed by atoms with Crippen LogP contribution >= 0.6 is 15.9 Å². The Morgan fingerprint density at radius 1 is 1.05 bits per heavy atom. The lowest BCUT2D eigenvalue weighted by molar-refractivity contribution is -0.201. The van der Waals surface area contributed by atoms with Crippen molar-refractivity contribution in [2.24, 2.45) is 11.8 Å². The zero-order chi connectivity index (χ0) is 30.9. The highest BCUT2D eigenvalue weighted by Crippen LogP contribution is 2.48. The number of halogens is 1. The molecule has 1 aliphatic carbocycles. The molecule has 2 heterocycles. The van der Waals surface area contributed by atoms with Crippen molar-refractivity contribution in [3.63, 3.8) is 0 Å². The third-order valence-electron chi connectivity index (χ3n) is 9.39. The number of terminal acetylenes is 1. The van der Waals surface area contributed by atoms with Crippen molar-refractivity contribution in [3.8, 4) is 18.1 Å². The molecule has 0 amide bonds. The van der Waals surface area contributed by atoms with E-state index in [4.69, 9.17) is 34.5 Å². The lowest BCUT2D eigenvalue weighted by Gasteiger charge is -2.40. The summed E-state index contributed by atoms with van der Waals surface area (Å²) in [5.41, 5.74) is 0. The number of hydrogen-bond donors (Lipinski definition) is 0. The zero-order valence-corrected chi connectivity index (χ0v) is 29.5. The van der Waals surface area contributed by atoms with Crippen LogP contribution in [0, 0.1) is 24.2 Å². The van der Waals surface area contributed by atoms with Gasteiger partial charge in [0.05, 0.1) is 30.2 Å². The number of benzene rings is 1. The molecule has 8 heteroatoms. The Labute approximate surface area is 269 Å². The molecule has 4 rings (SSSR count). The first-order chi connectivity index (χ1) is 20.6. The lowest BCUT2D eigenvalue weighted by atomic mass is 9.87. The standard InChI is InChI=1S/C35H53BrO6Si/c1-7-26(36)24-28-30(42-43(5,6)35(2,3)4)25-31(41-33-20-12-14-22-39-33)34(28)29(40-32-19-11-13-21-38-32)18-15-23-37-27-16-9-8-10-17-27/h1,8-10,16-18,26,28,30-34H,11-15,19-25H2,2-6H3/t26-,28-,30-,31+,32?,33?,34-/m1/s1. The molecule has 6 nitrogen and oxygen atoms in total. The van der Waals surface area contributed by atoms with Crippen molar-refractivity contribution in [1.29, 1.82) is 0 Å². The van der Waals surface area contributed by atoms with Crippen molar-refractivity contribution in [2.75, 3.05) is 19.8 Å². The van der Waals surface area contributed by atoms with Crippen LogP contribution in [0.15, 0.2) is 42.2 Å². The molecule has 3 aliphatic rings. The summed E-state index contributed by atoms with van der Waals surface area (Å²) in [6.45, 7) is 13.5. The summed E-state index contributed by atoms with van der Waals surface area (Å²) >= 11 is 3.77. The van der Waals surface area contributed by atoms with E-state index in [2.05, 4.69) is 61.8 Å². The minimum atomic E-state index is -2.09. The summed E-state index contributed by atoms with van der Waals surface area (Å²) in [6.07, 6.45) is 15.9. The van der Waals surface area contributed by atoms with E-state index < -0.39 is 8.32 Å². The highest BCUT2D eigenvalue weighted by Gasteiger charge is 2.52. The molecule has 2 aliphatic heterocycles. The van der Waals surface area contributed by atoms with Gasteiger partial charge in [0, 0.05) is 25.4 Å². The maximum absolute atomic E-state index is 7.18. The molecule has 2 unspecified atom stereocenters. The Balaban J connectivity index is 1.66.